The normalized spacial score (nSPS) is 34.8. The van der Waals surface area contributed by atoms with Crippen molar-refractivity contribution in [1.29, 1.82) is 0 Å². The van der Waals surface area contributed by atoms with Gasteiger partial charge in [0.25, 0.3) is 0 Å². The van der Waals surface area contributed by atoms with Gasteiger partial charge in [-0.05, 0) is 44.3 Å². The van der Waals surface area contributed by atoms with Crippen molar-refractivity contribution in [2.24, 2.45) is 11.8 Å². The molecule has 1 saturated carbocycles. The van der Waals surface area contributed by atoms with E-state index >= 15 is 0 Å². The van der Waals surface area contributed by atoms with Crippen LogP contribution in [0.4, 0.5) is 0 Å². The van der Waals surface area contributed by atoms with Gasteiger partial charge in [-0.3, -0.25) is 0 Å². The number of hydrogen-bond acceptors (Lipinski definition) is 4. The highest BCUT2D eigenvalue weighted by atomic mass is 28.4. The minimum atomic E-state index is -1.82. The van der Waals surface area contributed by atoms with Gasteiger partial charge in [0.2, 0.25) is 0 Å². The third-order valence-electron chi connectivity index (χ3n) is 6.21. The zero-order chi connectivity index (χ0) is 18.7. The van der Waals surface area contributed by atoms with E-state index in [0.29, 0.717) is 13.0 Å². The summed E-state index contributed by atoms with van der Waals surface area (Å²) in [6, 6.07) is 0. The molecule has 146 valence electrons. The maximum atomic E-state index is 10.6. The Balaban J connectivity index is 2.06. The van der Waals surface area contributed by atoms with Crippen molar-refractivity contribution in [3.8, 4) is 0 Å². The molecule has 2 fully saturated rings. The van der Waals surface area contributed by atoms with E-state index in [1.807, 2.05) is 13.0 Å². The summed E-state index contributed by atoms with van der Waals surface area (Å²) < 4.78 is 18.5. The number of allylic oxidation sites excluding steroid dienone is 1. The van der Waals surface area contributed by atoms with E-state index in [2.05, 4.69) is 39.9 Å². The molecule has 5 atom stereocenters. The maximum absolute atomic E-state index is 10.6. The monoisotopic (exact) mass is 370 g/mol. The Morgan fingerprint density at radius 2 is 1.96 bits per heavy atom. The highest BCUT2D eigenvalue weighted by Crippen LogP contribution is 2.41. The summed E-state index contributed by atoms with van der Waals surface area (Å²) >= 11 is 0. The van der Waals surface area contributed by atoms with E-state index in [9.17, 15) is 5.11 Å². The Morgan fingerprint density at radius 3 is 2.52 bits per heavy atom. The van der Waals surface area contributed by atoms with E-state index in [-0.39, 0.29) is 35.4 Å². The van der Waals surface area contributed by atoms with Crippen molar-refractivity contribution >= 4 is 8.32 Å². The molecule has 1 aliphatic heterocycles. The third-order valence-corrected chi connectivity index (χ3v) is 10.7. The molecular weight excluding hydrogens is 332 g/mol. The van der Waals surface area contributed by atoms with Crippen molar-refractivity contribution in [2.75, 3.05) is 13.2 Å². The summed E-state index contributed by atoms with van der Waals surface area (Å²) in [4.78, 5) is 0. The van der Waals surface area contributed by atoms with Crippen molar-refractivity contribution in [1.82, 2.24) is 0 Å². The van der Waals surface area contributed by atoms with Crippen LogP contribution in [-0.4, -0.2) is 45.1 Å². The topological polar surface area (TPSA) is 47.9 Å². The predicted molar refractivity (Wildman–Crippen MR) is 104 cm³/mol. The number of rotatable bonds is 6. The van der Waals surface area contributed by atoms with E-state index < -0.39 is 8.32 Å². The lowest BCUT2D eigenvalue weighted by molar-refractivity contribution is -0.197. The summed E-state index contributed by atoms with van der Waals surface area (Å²) in [5.74, 6) is 0.286. The van der Waals surface area contributed by atoms with Crippen molar-refractivity contribution in [3.05, 3.63) is 12.2 Å². The molecule has 0 amide bonds. The number of aliphatic hydroxyl groups excluding tert-OH is 1. The molecule has 1 saturated heterocycles. The summed E-state index contributed by atoms with van der Waals surface area (Å²) in [6.07, 6.45) is 7.57. The largest absolute Gasteiger partial charge is 0.416 e. The molecule has 0 aromatic carbocycles. The van der Waals surface area contributed by atoms with Gasteiger partial charge in [0.15, 0.2) is 14.6 Å². The maximum Gasteiger partial charge on any atom is 0.191 e. The van der Waals surface area contributed by atoms with Crippen LogP contribution >= 0.6 is 0 Å². The smallest absolute Gasteiger partial charge is 0.191 e. The van der Waals surface area contributed by atoms with E-state index in [0.717, 1.165) is 25.9 Å². The first-order valence-electron chi connectivity index (χ1n) is 9.87. The average Bonchev–Trinajstić information content (AvgIpc) is 2.81. The fourth-order valence-electron chi connectivity index (χ4n) is 3.51. The van der Waals surface area contributed by atoms with Gasteiger partial charge < -0.3 is 19.0 Å². The second kappa shape index (κ2) is 8.66. The lowest BCUT2D eigenvalue weighted by Crippen LogP contribution is -2.44. The Kier molecular flexibility index (Phi) is 7.31. The summed E-state index contributed by atoms with van der Waals surface area (Å²) in [7, 11) is -1.82. The van der Waals surface area contributed by atoms with Crippen molar-refractivity contribution in [3.63, 3.8) is 0 Å². The zero-order valence-electron chi connectivity index (χ0n) is 17.0. The van der Waals surface area contributed by atoms with Gasteiger partial charge in [0.05, 0.1) is 12.2 Å². The average molecular weight is 371 g/mol. The van der Waals surface area contributed by atoms with Crippen molar-refractivity contribution < 1.29 is 19.0 Å². The standard InChI is InChI=1S/C20H38O4Si/c1-7-10-15-16(14-23-25(5,6)20(2,3)4)18(13-17(15)21)24-19-11-8-9-12-22-19/h7,10,15-19,21H,8-9,11-14H2,1-6H3/t15-,16-,17+,18-,19?/m1/s1. The molecule has 1 unspecified atom stereocenters. The van der Waals surface area contributed by atoms with E-state index in [1.165, 1.54) is 0 Å². The lowest BCUT2D eigenvalue weighted by Gasteiger charge is -2.38. The Hall–Kier alpha value is -0.203. The Labute approximate surface area is 155 Å². The number of hydrogen-bond donors (Lipinski definition) is 1. The summed E-state index contributed by atoms with van der Waals surface area (Å²) in [6.45, 7) is 14.8. The highest BCUT2D eigenvalue weighted by Gasteiger charge is 2.45. The predicted octanol–water partition coefficient (Wildman–Crippen LogP) is 4.49. The van der Waals surface area contributed by atoms with Crippen LogP contribution in [0.2, 0.25) is 18.1 Å². The Morgan fingerprint density at radius 1 is 1.24 bits per heavy atom. The molecule has 0 bridgehead atoms. The van der Waals surface area contributed by atoms with Crippen LogP contribution in [-0.2, 0) is 13.9 Å². The van der Waals surface area contributed by atoms with Gasteiger partial charge >= 0.3 is 0 Å². The quantitative estimate of drug-likeness (QED) is 0.553. The molecule has 1 aliphatic carbocycles. The number of ether oxygens (including phenoxy) is 2. The first-order chi connectivity index (χ1) is 11.7. The fourth-order valence-corrected chi connectivity index (χ4v) is 4.55. The van der Waals surface area contributed by atoms with Crippen LogP contribution in [0, 0.1) is 11.8 Å². The molecule has 0 aromatic rings. The zero-order valence-corrected chi connectivity index (χ0v) is 18.0. The van der Waals surface area contributed by atoms with E-state index in [4.69, 9.17) is 13.9 Å². The molecule has 1 heterocycles. The molecule has 2 aliphatic rings. The molecular formula is C20H38O4Si. The first-order valence-corrected chi connectivity index (χ1v) is 12.8. The number of aliphatic hydroxyl groups is 1. The van der Waals surface area contributed by atoms with Crippen LogP contribution in [0.15, 0.2) is 12.2 Å². The third kappa shape index (κ3) is 5.39. The summed E-state index contributed by atoms with van der Waals surface area (Å²) in [5.41, 5.74) is 0. The van der Waals surface area contributed by atoms with Crippen LogP contribution in [0.25, 0.3) is 0 Å². The first kappa shape index (κ1) is 21.1. The second-order valence-electron chi connectivity index (χ2n) is 9.11. The van der Waals surface area contributed by atoms with E-state index in [1.54, 1.807) is 0 Å². The van der Waals surface area contributed by atoms with Gasteiger partial charge in [-0.2, -0.15) is 0 Å². The van der Waals surface area contributed by atoms with Gasteiger partial charge in [-0.25, -0.2) is 0 Å². The van der Waals surface area contributed by atoms with Gasteiger partial charge in [-0.15, -0.1) is 0 Å². The lowest BCUT2D eigenvalue weighted by atomic mass is 9.94. The minimum Gasteiger partial charge on any atom is -0.416 e. The van der Waals surface area contributed by atoms with Gasteiger partial charge in [-0.1, -0.05) is 32.9 Å². The van der Waals surface area contributed by atoms with Crippen LogP contribution in [0.5, 0.6) is 0 Å². The van der Waals surface area contributed by atoms with Crippen LogP contribution in [0.3, 0.4) is 0 Å². The fraction of sp³-hybridized carbons (Fsp3) is 0.900. The Bertz CT molecular complexity index is 437. The molecule has 4 nitrogen and oxygen atoms in total. The second-order valence-corrected chi connectivity index (χ2v) is 13.9. The van der Waals surface area contributed by atoms with Gasteiger partial charge in [0, 0.05) is 31.5 Å². The molecule has 0 aromatic heterocycles. The SMILES string of the molecule is CC=C[C@@H]1[C@@H](CO[Si](C)(C)C(C)(C)C)[C@H](OC2CCCCO2)C[C@@H]1O. The van der Waals surface area contributed by atoms with Crippen LogP contribution < -0.4 is 0 Å². The minimum absolute atomic E-state index is 0.00377. The molecule has 2 rings (SSSR count). The molecule has 5 heteroatoms. The van der Waals surface area contributed by atoms with Crippen molar-refractivity contribution in [2.45, 2.75) is 90.0 Å². The van der Waals surface area contributed by atoms with Crippen LogP contribution in [0.1, 0.15) is 53.4 Å². The van der Waals surface area contributed by atoms with Gasteiger partial charge in [0.1, 0.15) is 0 Å². The molecule has 0 spiro atoms. The molecule has 25 heavy (non-hydrogen) atoms. The molecule has 1 N–H and O–H groups in total. The molecule has 0 radical (unpaired) electrons. The highest BCUT2D eigenvalue weighted by molar-refractivity contribution is 6.74. The summed E-state index contributed by atoms with van der Waals surface area (Å²) in [5, 5.41) is 10.7.